The summed E-state index contributed by atoms with van der Waals surface area (Å²) < 4.78 is 0. The van der Waals surface area contributed by atoms with Gasteiger partial charge in [0.05, 0.1) is 11.4 Å². The van der Waals surface area contributed by atoms with E-state index in [1.54, 1.807) is 24.3 Å². The van der Waals surface area contributed by atoms with E-state index in [0.29, 0.717) is 23.5 Å². The molecule has 2 aromatic rings. The molecule has 29 heavy (non-hydrogen) atoms. The minimum Gasteiger partial charge on any atom is -0.326 e. The highest BCUT2D eigenvalue weighted by molar-refractivity contribution is 6.10. The first-order valence-electron chi connectivity index (χ1n) is 9.74. The molecule has 0 fully saturated rings. The molecule has 2 aromatic carbocycles. The van der Waals surface area contributed by atoms with Gasteiger partial charge in [0.2, 0.25) is 11.8 Å². The highest BCUT2D eigenvalue weighted by Crippen LogP contribution is 2.29. The Morgan fingerprint density at radius 1 is 1.14 bits per heavy atom. The molecule has 1 aliphatic rings. The Morgan fingerprint density at radius 2 is 1.83 bits per heavy atom. The Hall–Kier alpha value is -3.35. The molecule has 2 atom stereocenters. The summed E-state index contributed by atoms with van der Waals surface area (Å²) in [4.78, 5) is 39.4. The number of para-hydroxylation sites is 3. The van der Waals surface area contributed by atoms with Crippen LogP contribution in [0.25, 0.3) is 0 Å². The number of hydrogen-bond acceptors (Lipinski definition) is 3. The lowest BCUT2D eigenvalue weighted by Gasteiger charge is -2.32. The fourth-order valence-corrected chi connectivity index (χ4v) is 3.25. The minimum atomic E-state index is -0.732. The summed E-state index contributed by atoms with van der Waals surface area (Å²) in [6.45, 7) is 5.69. The average molecular weight is 394 g/mol. The Morgan fingerprint density at radius 3 is 2.55 bits per heavy atom. The van der Waals surface area contributed by atoms with Crippen LogP contribution in [0.4, 0.5) is 21.9 Å². The van der Waals surface area contributed by atoms with Crippen LogP contribution in [0.5, 0.6) is 0 Å². The maximum absolute atomic E-state index is 13.0. The maximum atomic E-state index is 13.0. The first kappa shape index (κ1) is 20.4. The van der Waals surface area contributed by atoms with Gasteiger partial charge in [0.1, 0.15) is 12.6 Å². The van der Waals surface area contributed by atoms with Crippen molar-refractivity contribution >= 4 is 34.9 Å². The molecule has 0 unspecified atom stereocenters. The number of hydrogen-bond donors (Lipinski definition) is 3. The van der Waals surface area contributed by atoms with Crippen LogP contribution in [0.1, 0.15) is 25.8 Å². The van der Waals surface area contributed by atoms with Crippen molar-refractivity contribution in [2.75, 3.05) is 22.1 Å². The second kappa shape index (κ2) is 8.77. The van der Waals surface area contributed by atoms with E-state index in [1.165, 1.54) is 4.90 Å². The average Bonchev–Trinajstić information content (AvgIpc) is 2.72. The molecule has 1 aliphatic heterocycles. The van der Waals surface area contributed by atoms with Crippen LogP contribution >= 0.6 is 0 Å². The summed E-state index contributed by atoms with van der Waals surface area (Å²) in [6, 6.07) is 13.4. The summed E-state index contributed by atoms with van der Waals surface area (Å²) in [7, 11) is 0. The number of anilines is 3. The van der Waals surface area contributed by atoms with Gasteiger partial charge in [0.25, 0.3) is 0 Å². The molecule has 3 N–H and O–H groups in total. The molecule has 0 spiro atoms. The van der Waals surface area contributed by atoms with E-state index < -0.39 is 12.1 Å². The zero-order valence-corrected chi connectivity index (χ0v) is 16.9. The van der Waals surface area contributed by atoms with Gasteiger partial charge in [-0.2, -0.15) is 0 Å². The van der Waals surface area contributed by atoms with Gasteiger partial charge in [-0.3, -0.25) is 14.5 Å². The molecule has 0 radical (unpaired) electrons. The SMILES string of the molecule is CC[C@H](C)[C@H](NC(=O)N1CC(=O)Nc2ccccc21)C(=O)Nc1ccccc1C. The van der Waals surface area contributed by atoms with Crippen LogP contribution in [0.15, 0.2) is 48.5 Å². The smallest absolute Gasteiger partial charge is 0.323 e. The number of carbonyl (C=O) groups excluding carboxylic acids is 3. The number of aryl methyl sites for hydroxylation is 1. The van der Waals surface area contributed by atoms with E-state index in [-0.39, 0.29) is 24.3 Å². The molecule has 3 rings (SSSR count). The molecule has 7 heteroatoms. The zero-order valence-electron chi connectivity index (χ0n) is 16.9. The summed E-state index contributed by atoms with van der Waals surface area (Å²) in [6.07, 6.45) is 0.712. The van der Waals surface area contributed by atoms with Crippen molar-refractivity contribution in [3.8, 4) is 0 Å². The van der Waals surface area contributed by atoms with Gasteiger partial charge in [0.15, 0.2) is 0 Å². The number of carbonyl (C=O) groups is 3. The van der Waals surface area contributed by atoms with E-state index in [0.717, 1.165) is 5.56 Å². The third kappa shape index (κ3) is 4.56. The van der Waals surface area contributed by atoms with Crippen LogP contribution in [-0.4, -0.2) is 30.4 Å². The molecule has 152 valence electrons. The highest BCUT2D eigenvalue weighted by atomic mass is 16.2. The number of amides is 4. The van der Waals surface area contributed by atoms with Crippen LogP contribution in [0.3, 0.4) is 0 Å². The fourth-order valence-electron chi connectivity index (χ4n) is 3.25. The second-order valence-corrected chi connectivity index (χ2v) is 7.27. The van der Waals surface area contributed by atoms with E-state index in [9.17, 15) is 14.4 Å². The number of fused-ring (bicyclic) bond motifs is 1. The summed E-state index contributed by atoms with van der Waals surface area (Å²) in [5, 5.41) is 8.50. The number of nitrogens with one attached hydrogen (secondary N) is 3. The monoisotopic (exact) mass is 394 g/mol. The molecule has 0 bridgehead atoms. The van der Waals surface area contributed by atoms with Gasteiger partial charge in [-0.1, -0.05) is 50.6 Å². The van der Waals surface area contributed by atoms with E-state index in [1.807, 2.05) is 45.0 Å². The summed E-state index contributed by atoms with van der Waals surface area (Å²) in [5.41, 5.74) is 2.83. The number of nitrogens with zero attached hydrogens (tertiary/aromatic N) is 1. The van der Waals surface area contributed by atoms with Gasteiger partial charge < -0.3 is 16.0 Å². The maximum Gasteiger partial charge on any atom is 0.323 e. The van der Waals surface area contributed by atoms with E-state index >= 15 is 0 Å². The summed E-state index contributed by atoms with van der Waals surface area (Å²) >= 11 is 0. The number of rotatable bonds is 5. The van der Waals surface area contributed by atoms with Gasteiger partial charge >= 0.3 is 6.03 Å². The highest BCUT2D eigenvalue weighted by Gasteiger charge is 2.32. The quantitative estimate of drug-likeness (QED) is 0.725. The molecule has 1 heterocycles. The lowest BCUT2D eigenvalue weighted by atomic mass is 9.98. The van der Waals surface area contributed by atoms with Gasteiger partial charge in [-0.25, -0.2) is 4.79 Å². The first-order valence-corrected chi connectivity index (χ1v) is 9.74. The van der Waals surface area contributed by atoms with E-state index in [2.05, 4.69) is 16.0 Å². The standard InChI is InChI=1S/C22H26N4O3/c1-4-14(2)20(21(28)24-16-10-6-5-9-15(16)3)25-22(29)26-13-19(27)23-17-11-7-8-12-18(17)26/h5-12,14,20H,4,13H2,1-3H3,(H,23,27)(H,24,28)(H,25,29)/t14-,20-/m0/s1. The van der Waals surface area contributed by atoms with Crippen molar-refractivity contribution in [1.82, 2.24) is 5.32 Å². The Balaban J connectivity index is 1.80. The zero-order chi connectivity index (χ0) is 21.0. The first-order chi connectivity index (χ1) is 13.9. The third-order valence-corrected chi connectivity index (χ3v) is 5.19. The van der Waals surface area contributed by atoms with E-state index in [4.69, 9.17) is 0 Å². The van der Waals surface area contributed by atoms with Crippen molar-refractivity contribution in [3.63, 3.8) is 0 Å². The number of benzene rings is 2. The van der Waals surface area contributed by atoms with Crippen LogP contribution in [0.2, 0.25) is 0 Å². The largest absolute Gasteiger partial charge is 0.326 e. The predicted octanol–water partition coefficient (Wildman–Crippen LogP) is 3.52. The van der Waals surface area contributed by atoms with Gasteiger partial charge in [0, 0.05) is 5.69 Å². The third-order valence-electron chi connectivity index (χ3n) is 5.19. The minimum absolute atomic E-state index is 0.0863. The normalized spacial score (nSPS) is 15.0. The molecule has 0 saturated carbocycles. The lowest BCUT2D eigenvalue weighted by Crippen LogP contribution is -2.54. The Bertz CT molecular complexity index is 928. The molecule has 7 nitrogen and oxygen atoms in total. The summed E-state index contributed by atoms with van der Waals surface area (Å²) in [5.74, 6) is -0.642. The van der Waals surface area contributed by atoms with Crippen molar-refractivity contribution in [2.45, 2.75) is 33.2 Å². The molecular weight excluding hydrogens is 368 g/mol. The predicted molar refractivity (Wildman–Crippen MR) is 114 cm³/mol. The topological polar surface area (TPSA) is 90.5 Å². The second-order valence-electron chi connectivity index (χ2n) is 7.27. The van der Waals surface area contributed by atoms with Gasteiger partial charge in [-0.15, -0.1) is 0 Å². The van der Waals surface area contributed by atoms with Crippen molar-refractivity contribution in [1.29, 1.82) is 0 Å². The van der Waals surface area contributed by atoms with Crippen LogP contribution in [-0.2, 0) is 9.59 Å². The molecule has 0 saturated heterocycles. The molecule has 4 amide bonds. The molecule has 0 aliphatic carbocycles. The fraction of sp³-hybridized carbons (Fsp3) is 0.318. The van der Waals surface area contributed by atoms with Crippen molar-refractivity contribution < 1.29 is 14.4 Å². The lowest BCUT2D eigenvalue weighted by molar-refractivity contribution is -0.119. The van der Waals surface area contributed by atoms with Crippen molar-refractivity contribution in [3.05, 3.63) is 54.1 Å². The van der Waals surface area contributed by atoms with Crippen LogP contribution in [0, 0.1) is 12.8 Å². The van der Waals surface area contributed by atoms with Crippen molar-refractivity contribution in [2.24, 2.45) is 5.92 Å². The molecular formula is C22H26N4O3. The van der Waals surface area contributed by atoms with Crippen LogP contribution < -0.4 is 20.9 Å². The van der Waals surface area contributed by atoms with Gasteiger partial charge in [-0.05, 0) is 36.6 Å². The number of urea groups is 1. The Kier molecular flexibility index (Phi) is 6.16. The molecule has 0 aromatic heterocycles. The Labute approximate surface area is 170 Å².